The summed E-state index contributed by atoms with van der Waals surface area (Å²) in [5.74, 6) is 0. The van der Waals surface area contributed by atoms with E-state index in [0.29, 0.717) is 12.8 Å². The first-order valence-electron chi connectivity index (χ1n) is 4.12. The van der Waals surface area contributed by atoms with Crippen LogP contribution in [0.15, 0.2) is 9.98 Å². The lowest BCUT2D eigenvalue weighted by atomic mass is 10.2. The number of aliphatic imine (C=N–C) groups is 2. The molecule has 4 nitrogen and oxygen atoms in total. The summed E-state index contributed by atoms with van der Waals surface area (Å²) in [5.41, 5.74) is 0. The van der Waals surface area contributed by atoms with Crippen molar-refractivity contribution >= 4 is 35.4 Å². The zero-order chi connectivity index (χ0) is 10.8. The minimum Gasteiger partial charge on any atom is -0.211 e. The van der Waals surface area contributed by atoms with Gasteiger partial charge in [-0.05, 0) is 19.3 Å². The van der Waals surface area contributed by atoms with E-state index in [1.54, 1.807) is 0 Å². The van der Waals surface area contributed by atoms with Gasteiger partial charge in [0.15, 0.2) is 6.17 Å². The van der Waals surface area contributed by atoms with Crippen molar-refractivity contribution < 1.29 is 9.59 Å². The van der Waals surface area contributed by atoms with E-state index in [9.17, 15) is 9.59 Å². The fourth-order valence-electron chi connectivity index (χ4n) is 0.905. The molecular formula is C8H10Cl2N2O2. The monoisotopic (exact) mass is 236 g/mol. The third-order valence-electron chi connectivity index (χ3n) is 1.54. The van der Waals surface area contributed by atoms with Gasteiger partial charge in [-0.1, -0.05) is 6.42 Å². The van der Waals surface area contributed by atoms with Gasteiger partial charge in [0.25, 0.3) is 0 Å². The Morgan fingerprint density at radius 1 is 1.00 bits per heavy atom. The number of nitrogens with zero attached hydrogens (tertiary/aromatic N) is 2. The molecule has 14 heavy (non-hydrogen) atoms. The summed E-state index contributed by atoms with van der Waals surface area (Å²) in [6.45, 7) is 0. The molecular weight excluding hydrogens is 227 g/mol. The van der Waals surface area contributed by atoms with Crippen LogP contribution in [-0.2, 0) is 9.59 Å². The SMILES string of the molecule is O=C=NC(CCCCC(Cl)Cl)N=C=O. The number of rotatable bonds is 7. The van der Waals surface area contributed by atoms with Gasteiger partial charge in [0.1, 0.15) is 4.84 Å². The smallest absolute Gasteiger partial charge is 0.211 e. The molecule has 0 aromatic carbocycles. The van der Waals surface area contributed by atoms with E-state index in [1.165, 1.54) is 12.2 Å². The maximum absolute atomic E-state index is 9.91. The van der Waals surface area contributed by atoms with Crippen LogP contribution in [0, 0.1) is 0 Å². The highest BCUT2D eigenvalue weighted by atomic mass is 35.5. The Morgan fingerprint density at radius 3 is 1.93 bits per heavy atom. The van der Waals surface area contributed by atoms with Crippen molar-refractivity contribution in [1.82, 2.24) is 0 Å². The van der Waals surface area contributed by atoms with E-state index in [4.69, 9.17) is 23.2 Å². The van der Waals surface area contributed by atoms with Gasteiger partial charge in [-0.25, -0.2) is 9.59 Å². The van der Waals surface area contributed by atoms with Gasteiger partial charge in [0.05, 0.1) is 0 Å². The Morgan fingerprint density at radius 2 is 1.50 bits per heavy atom. The van der Waals surface area contributed by atoms with Crippen LogP contribution in [0.3, 0.4) is 0 Å². The van der Waals surface area contributed by atoms with Crippen LogP contribution in [0.25, 0.3) is 0 Å². The highest BCUT2D eigenvalue weighted by molar-refractivity contribution is 6.44. The first kappa shape index (κ1) is 13.3. The molecule has 0 spiro atoms. The summed E-state index contributed by atoms with van der Waals surface area (Å²) >= 11 is 11.0. The van der Waals surface area contributed by atoms with Gasteiger partial charge in [-0.3, -0.25) is 0 Å². The minimum atomic E-state index is -0.658. The van der Waals surface area contributed by atoms with Crippen LogP contribution in [0.4, 0.5) is 0 Å². The molecule has 0 aromatic heterocycles. The average Bonchev–Trinajstić information content (AvgIpc) is 2.12. The van der Waals surface area contributed by atoms with Gasteiger partial charge >= 0.3 is 0 Å². The van der Waals surface area contributed by atoms with Crippen molar-refractivity contribution in [2.45, 2.75) is 36.7 Å². The third kappa shape index (κ3) is 7.96. The first-order chi connectivity index (χ1) is 6.70. The van der Waals surface area contributed by atoms with Crippen molar-refractivity contribution in [2.24, 2.45) is 9.98 Å². The predicted molar refractivity (Wildman–Crippen MR) is 54.0 cm³/mol. The van der Waals surface area contributed by atoms with E-state index >= 15 is 0 Å². The van der Waals surface area contributed by atoms with Crippen molar-refractivity contribution in [1.29, 1.82) is 0 Å². The lowest BCUT2D eigenvalue weighted by molar-refractivity contribution is 0.530. The zero-order valence-corrected chi connectivity index (χ0v) is 8.96. The molecule has 0 saturated heterocycles. The van der Waals surface area contributed by atoms with E-state index in [0.717, 1.165) is 12.8 Å². The van der Waals surface area contributed by atoms with Crippen LogP contribution in [0.5, 0.6) is 0 Å². The molecule has 78 valence electrons. The molecule has 0 bridgehead atoms. The van der Waals surface area contributed by atoms with E-state index < -0.39 is 6.17 Å². The second-order valence-electron chi connectivity index (χ2n) is 2.60. The van der Waals surface area contributed by atoms with E-state index in [2.05, 4.69) is 9.98 Å². The van der Waals surface area contributed by atoms with Gasteiger partial charge in [-0.2, -0.15) is 9.98 Å². The lowest BCUT2D eigenvalue weighted by Crippen LogP contribution is -2.00. The quantitative estimate of drug-likeness (QED) is 0.295. The van der Waals surface area contributed by atoms with Crippen molar-refractivity contribution in [3.05, 3.63) is 0 Å². The van der Waals surface area contributed by atoms with Crippen molar-refractivity contribution in [3.63, 3.8) is 0 Å². The Balaban J connectivity index is 3.71. The highest BCUT2D eigenvalue weighted by Crippen LogP contribution is 2.14. The lowest BCUT2D eigenvalue weighted by Gasteiger charge is -2.03. The molecule has 6 heteroatoms. The van der Waals surface area contributed by atoms with Crippen LogP contribution < -0.4 is 0 Å². The summed E-state index contributed by atoms with van der Waals surface area (Å²) in [6.07, 6.45) is 4.77. The zero-order valence-electron chi connectivity index (χ0n) is 7.45. The second-order valence-corrected chi connectivity index (χ2v) is 3.87. The fraction of sp³-hybridized carbons (Fsp3) is 0.750. The molecule has 0 aliphatic carbocycles. The highest BCUT2D eigenvalue weighted by Gasteiger charge is 2.04. The largest absolute Gasteiger partial charge is 0.237 e. The van der Waals surface area contributed by atoms with Gasteiger partial charge < -0.3 is 0 Å². The molecule has 0 radical (unpaired) electrons. The molecule has 0 aliphatic heterocycles. The number of halogens is 2. The fourth-order valence-corrected chi connectivity index (χ4v) is 1.21. The average molecular weight is 237 g/mol. The third-order valence-corrected chi connectivity index (χ3v) is 1.97. The Labute approximate surface area is 92.0 Å². The van der Waals surface area contributed by atoms with Crippen LogP contribution >= 0.6 is 23.2 Å². The number of isocyanates is 2. The maximum Gasteiger partial charge on any atom is 0.237 e. The minimum absolute atomic E-state index is 0.377. The summed E-state index contributed by atoms with van der Waals surface area (Å²) in [5, 5.41) is 0. The standard InChI is InChI=1S/C8H10Cl2N2O2/c9-7(10)3-1-2-4-8(11-5-13)12-6-14/h7-8H,1-4H2. The Bertz CT molecular complexity index is 228. The molecule has 0 unspecified atom stereocenters. The van der Waals surface area contributed by atoms with Crippen molar-refractivity contribution in [3.8, 4) is 0 Å². The van der Waals surface area contributed by atoms with Gasteiger partial charge in [0, 0.05) is 0 Å². The molecule has 0 N–H and O–H groups in total. The number of hydrogen-bond donors (Lipinski definition) is 0. The Kier molecular flexibility index (Phi) is 8.50. The molecule has 0 aromatic rings. The number of hydrogen-bond acceptors (Lipinski definition) is 4. The second kappa shape index (κ2) is 8.92. The van der Waals surface area contributed by atoms with Gasteiger partial charge in [-0.15, -0.1) is 23.2 Å². The number of carbonyl (C=O) groups excluding carboxylic acids is 2. The molecule has 0 fully saturated rings. The first-order valence-corrected chi connectivity index (χ1v) is 5.00. The predicted octanol–water partition coefficient (Wildman–Crippen LogP) is 2.35. The summed E-state index contributed by atoms with van der Waals surface area (Å²) in [4.78, 5) is 26.1. The molecule has 0 heterocycles. The van der Waals surface area contributed by atoms with E-state index in [-0.39, 0.29) is 4.84 Å². The molecule has 0 saturated carbocycles. The normalized spacial score (nSPS) is 11.6. The Hall–Kier alpha value is -0.660. The summed E-state index contributed by atoms with van der Waals surface area (Å²) in [6, 6.07) is 0. The molecule has 0 aliphatic rings. The van der Waals surface area contributed by atoms with Crippen LogP contribution in [0.1, 0.15) is 25.7 Å². The van der Waals surface area contributed by atoms with Crippen molar-refractivity contribution in [2.75, 3.05) is 0 Å². The number of unbranched alkanes of at least 4 members (excludes halogenated alkanes) is 1. The van der Waals surface area contributed by atoms with Crippen LogP contribution in [-0.4, -0.2) is 23.2 Å². The van der Waals surface area contributed by atoms with Crippen LogP contribution in [0.2, 0.25) is 0 Å². The van der Waals surface area contributed by atoms with E-state index in [1.807, 2.05) is 0 Å². The molecule has 0 rings (SSSR count). The maximum atomic E-state index is 9.91. The topological polar surface area (TPSA) is 58.9 Å². The summed E-state index contributed by atoms with van der Waals surface area (Å²) in [7, 11) is 0. The summed E-state index contributed by atoms with van der Waals surface area (Å²) < 4.78 is 0. The molecule has 0 atom stereocenters. The van der Waals surface area contributed by atoms with Gasteiger partial charge in [0.2, 0.25) is 12.2 Å². The molecule has 0 amide bonds. The number of alkyl halides is 2.